The molecule has 1 rings (SSSR count). The predicted molar refractivity (Wildman–Crippen MR) is 91.6 cm³/mol. The Hall–Kier alpha value is -0.790. The van der Waals surface area contributed by atoms with E-state index in [1.807, 2.05) is 17.3 Å². The molecule has 0 aliphatic carbocycles. The quantitative estimate of drug-likeness (QED) is 0.475. The van der Waals surface area contributed by atoms with E-state index in [4.69, 9.17) is 8.37 Å². The van der Waals surface area contributed by atoms with Crippen molar-refractivity contribution >= 4 is 10.4 Å². The molecule has 0 amide bonds. The van der Waals surface area contributed by atoms with E-state index in [1.54, 1.807) is 11.9 Å². The molecule has 0 saturated carbocycles. The van der Waals surface area contributed by atoms with Crippen molar-refractivity contribution < 1.29 is 16.8 Å². The molecule has 0 aromatic carbocycles. The summed E-state index contributed by atoms with van der Waals surface area (Å²) in [5, 5.41) is 0. The van der Waals surface area contributed by atoms with Crippen LogP contribution in [0, 0.1) is 0 Å². The first-order valence-electron chi connectivity index (χ1n) is 8.73. The van der Waals surface area contributed by atoms with Gasteiger partial charge < -0.3 is 9.80 Å². The molecule has 136 valence electrons. The van der Waals surface area contributed by atoms with Gasteiger partial charge in [0.15, 0.2) is 0 Å². The normalized spacial score (nSPS) is 18.1. The molecule has 7 heteroatoms. The van der Waals surface area contributed by atoms with E-state index in [1.165, 1.54) is 19.3 Å². The van der Waals surface area contributed by atoms with Gasteiger partial charge >= 0.3 is 10.4 Å². The van der Waals surface area contributed by atoms with Crippen molar-refractivity contribution in [2.45, 2.75) is 71.6 Å². The van der Waals surface area contributed by atoms with Gasteiger partial charge in [-0.2, -0.15) is 8.42 Å². The zero-order valence-electron chi connectivity index (χ0n) is 14.7. The summed E-state index contributed by atoms with van der Waals surface area (Å²) in [5.41, 5.74) is 0. The van der Waals surface area contributed by atoms with E-state index in [0.29, 0.717) is 0 Å². The van der Waals surface area contributed by atoms with E-state index < -0.39 is 16.8 Å². The van der Waals surface area contributed by atoms with Crippen LogP contribution in [0.5, 0.6) is 0 Å². The van der Waals surface area contributed by atoms with Crippen LogP contribution in [0.3, 0.4) is 0 Å². The van der Waals surface area contributed by atoms with Gasteiger partial charge in [0, 0.05) is 26.0 Å². The van der Waals surface area contributed by atoms with Gasteiger partial charge in [0.05, 0.1) is 6.61 Å². The van der Waals surface area contributed by atoms with Gasteiger partial charge in [0.1, 0.15) is 0 Å². The smallest absolute Gasteiger partial charge is 0.336 e. The monoisotopic (exact) mass is 348 g/mol. The lowest BCUT2D eigenvalue weighted by Crippen LogP contribution is -2.41. The molecule has 0 spiro atoms. The highest BCUT2D eigenvalue weighted by molar-refractivity contribution is 7.81. The summed E-state index contributed by atoms with van der Waals surface area (Å²) in [5.74, 6) is 0. The van der Waals surface area contributed by atoms with Crippen molar-refractivity contribution in [2.24, 2.45) is 0 Å². The lowest BCUT2D eigenvalue weighted by atomic mass is 10.1. The Kier molecular flexibility index (Phi) is 9.59. The first-order chi connectivity index (χ1) is 11.0. The molecule has 23 heavy (non-hydrogen) atoms. The van der Waals surface area contributed by atoms with E-state index in [9.17, 15) is 8.42 Å². The maximum atomic E-state index is 12.0. The second-order valence-corrected chi connectivity index (χ2v) is 7.22. The summed E-state index contributed by atoms with van der Waals surface area (Å²) in [6.45, 7) is 5.22. The summed E-state index contributed by atoms with van der Waals surface area (Å²) >= 11 is 0. The highest BCUT2D eigenvalue weighted by atomic mass is 32.3. The lowest BCUT2D eigenvalue weighted by molar-refractivity contribution is -0.0209. The molecular weight excluding hydrogens is 316 g/mol. The minimum atomic E-state index is -3.98. The van der Waals surface area contributed by atoms with Crippen LogP contribution in [0.4, 0.5) is 0 Å². The minimum absolute atomic E-state index is 0.188. The Morgan fingerprint density at radius 1 is 0.957 bits per heavy atom. The minimum Gasteiger partial charge on any atom is -0.336 e. The summed E-state index contributed by atoms with van der Waals surface area (Å²) < 4.78 is 34.1. The molecule has 0 aromatic heterocycles. The first kappa shape index (κ1) is 20.3. The summed E-state index contributed by atoms with van der Waals surface area (Å²) in [4.78, 5) is 3.59. The zero-order valence-corrected chi connectivity index (χ0v) is 15.6. The first-order valence-corrected chi connectivity index (χ1v) is 10.1. The van der Waals surface area contributed by atoms with Crippen LogP contribution in [0.2, 0.25) is 0 Å². The number of unbranched alkanes of at least 4 members (excludes halogenated alkanes) is 6. The molecule has 0 bridgehead atoms. The molecule has 0 N–H and O–H groups in total. The summed E-state index contributed by atoms with van der Waals surface area (Å²) in [6, 6.07) is 0. The van der Waals surface area contributed by atoms with Gasteiger partial charge in [-0.1, -0.05) is 52.4 Å². The summed E-state index contributed by atoms with van der Waals surface area (Å²) in [6.07, 6.45) is 11.5. The van der Waals surface area contributed by atoms with Crippen molar-refractivity contribution in [3.63, 3.8) is 0 Å². The van der Waals surface area contributed by atoms with Crippen LogP contribution in [-0.2, 0) is 18.8 Å². The van der Waals surface area contributed by atoms with Crippen molar-refractivity contribution in [3.8, 4) is 0 Å². The van der Waals surface area contributed by atoms with Gasteiger partial charge in [0.2, 0.25) is 6.35 Å². The Bertz CT molecular complexity index is 439. The van der Waals surface area contributed by atoms with Gasteiger partial charge in [-0.15, -0.1) is 0 Å². The Balaban J connectivity index is 2.30. The molecule has 0 saturated heterocycles. The molecule has 1 aliphatic heterocycles. The molecule has 1 unspecified atom stereocenters. The third-order valence-corrected chi connectivity index (χ3v) is 4.69. The maximum absolute atomic E-state index is 12.0. The van der Waals surface area contributed by atoms with Gasteiger partial charge in [-0.05, 0) is 12.8 Å². The maximum Gasteiger partial charge on any atom is 0.403 e. The molecular formula is C16H32N2O4S. The molecule has 0 aromatic rings. The van der Waals surface area contributed by atoms with Crippen LogP contribution in [0.25, 0.3) is 0 Å². The van der Waals surface area contributed by atoms with Crippen LogP contribution in [0.1, 0.15) is 65.2 Å². The SMILES string of the molecule is CCCCCCCCOS(=O)(=O)OC1N(C)C=CN1CCCC. The fourth-order valence-corrected chi connectivity index (χ4v) is 3.23. The average molecular weight is 349 g/mol. The van der Waals surface area contributed by atoms with Crippen molar-refractivity contribution in [3.05, 3.63) is 12.4 Å². The topological polar surface area (TPSA) is 59.1 Å². The van der Waals surface area contributed by atoms with Gasteiger partial charge in [-0.25, -0.2) is 8.37 Å². The van der Waals surface area contributed by atoms with E-state index in [2.05, 4.69) is 13.8 Å². The molecule has 6 nitrogen and oxygen atoms in total. The summed E-state index contributed by atoms with van der Waals surface area (Å²) in [7, 11) is -2.19. The predicted octanol–water partition coefficient (Wildman–Crippen LogP) is 3.43. The van der Waals surface area contributed by atoms with Crippen LogP contribution in [0.15, 0.2) is 12.4 Å². The van der Waals surface area contributed by atoms with E-state index >= 15 is 0 Å². The largest absolute Gasteiger partial charge is 0.403 e. The molecule has 1 aliphatic rings. The number of hydrogen-bond acceptors (Lipinski definition) is 6. The number of nitrogens with zero attached hydrogens (tertiary/aromatic N) is 2. The van der Waals surface area contributed by atoms with Crippen LogP contribution < -0.4 is 0 Å². The highest BCUT2D eigenvalue weighted by Gasteiger charge is 2.30. The Morgan fingerprint density at radius 3 is 2.30 bits per heavy atom. The lowest BCUT2D eigenvalue weighted by Gasteiger charge is -2.28. The third-order valence-electron chi connectivity index (χ3n) is 3.82. The molecule has 1 heterocycles. The zero-order chi connectivity index (χ0) is 17.1. The second-order valence-electron chi connectivity index (χ2n) is 5.98. The Labute approximate surface area is 141 Å². The van der Waals surface area contributed by atoms with Crippen LogP contribution in [-0.4, -0.2) is 44.8 Å². The molecule has 1 atom stereocenters. The van der Waals surface area contributed by atoms with E-state index in [0.717, 1.165) is 38.6 Å². The molecule has 0 fully saturated rings. The van der Waals surface area contributed by atoms with Gasteiger partial charge in [0.25, 0.3) is 0 Å². The number of rotatable bonds is 13. The van der Waals surface area contributed by atoms with Gasteiger partial charge in [-0.3, -0.25) is 0 Å². The second kappa shape index (κ2) is 10.9. The average Bonchev–Trinajstić information content (AvgIpc) is 2.84. The number of hydrogen-bond donors (Lipinski definition) is 0. The fourth-order valence-electron chi connectivity index (χ4n) is 2.40. The highest BCUT2D eigenvalue weighted by Crippen LogP contribution is 2.19. The van der Waals surface area contributed by atoms with Crippen molar-refractivity contribution in [1.29, 1.82) is 0 Å². The standard InChI is InChI=1S/C16H32N2O4S/c1-4-6-8-9-10-11-15-21-23(19,20)22-16-17(3)13-14-18(16)12-7-5-2/h13-14,16H,4-12,15H2,1-3H3. The van der Waals surface area contributed by atoms with Crippen LogP contribution >= 0.6 is 0 Å². The van der Waals surface area contributed by atoms with Crippen molar-refractivity contribution in [2.75, 3.05) is 20.2 Å². The Morgan fingerprint density at radius 2 is 1.61 bits per heavy atom. The van der Waals surface area contributed by atoms with Crippen molar-refractivity contribution in [1.82, 2.24) is 9.80 Å². The third kappa shape index (κ3) is 8.04. The van der Waals surface area contributed by atoms with E-state index in [-0.39, 0.29) is 6.61 Å². The molecule has 0 radical (unpaired) electrons. The fraction of sp³-hybridized carbons (Fsp3) is 0.875.